The zero-order valence-corrected chi connectivity index (χ0v) is 6.64. The van der Waals surface area contributed by atoms with E-state index in [0.717, 1.165) is 5.92 Å². The summed E-state index contributed by atoms with van der Waals surface area (Å²) in [5.74, 6) is 0.845. The van der Waals surface area contributed by atoms with Crippen LogP contribution in [0.2, 0.25) is 0 Å². The smallest absolute Gasteiger partial charge is 0.0933 e. The lowest BCUT2D eigenvalue weighted by atomic mass is 9.87. The summed E-state index contributed by atoms with van der Waals surface area (Å²) in [6.45, 7) is 2.42. The van der Waals surface area contributed by atoms with Crippen molar-refractivity contribution in [3.63, 3.8) is 0 Å². The van der Waals surface area contributed by atoms with Gasteiger partial charge in [0.2, 0.25) is 0 Å². The summed E-state index contributed by atoms with van der Waals surface area (Å²) < 4.78 is 0. The number of rotatable bonds is 2. The number of hydrogen-bond donors (Lipinski definition) is 2. The first-order valence-electron chi connectivity index (χ1n) is 4.17. The predicted octanol–water partition coefficient (Wildman–Crippen LogP) is 1.10. The molecule has 0 bridgehead atoms. The average molecular weight is 143 g/mol. The van der Waals surface area contributed by atoms with Gasteiger partial charge in [0.15, 0.2) is 0 Å². The van der Waals surface area contributed by atoms with Crippen molar-refractivity contribution in [1.29, 1.82) is 0 Å². The Morgan fingerprint density at radius 3 is 2.90 bits per heavy atom. The molecule has 0 spiro atoms. The maximum absolute atomic E-state index is 8.59. The van der Waals surface area contributed by atoms with Crippen LogP contribution >= 0.6 is 0 Å². The van der Waals surface area contributed by atoms with Crippen LogP contribution in [-0.2, 0) is 0 Å². The second-order valence-corrected chi connectivity index (χ2v) is 3.33. The van der Waals surface area contributed by atoms with Crippen LogP contribution in [0.1, 0.15) is 32.6 Å². The first-order chi connectivity index (χ1) is 4.83. The van der Waals surface area contributed by atoms with Crippen LogP contribution < -0.4 is 5.32 Å². The molecule has 2 nitrogen and oxygen atoms in total. The van der Waals surface area contributed by atoms with E-state index in [9.17, 15) is 0 Å². The predicted molar refractivity (Wildman–Crippen MR) is 41.6 cm³/mol. The molecule has 0 aliphatic heterocycles. The van der Waals surface area contributed by atoms with Gasteiger partial charge >= 0.3 is 0 Å². The molecular weight excluding hydrogens is 126 g/mol. The van der Waals surface area contributed by atoms with Crippen molar-refractivity contribution in [3.05, 3.63) is 0 Å². The Bertz CT molecular complexity index is 93.3. The van der Waals surface area contributed by atoms with Crippen molar-refractivity contribution in [2.45, 2.75) is 38.6 Å². The van der Waals surface area contributed by atoms with Gasteiger partial charge in [-0.15, -0.1) is 0 Å². The number of nitrogens with one attached hydrogen (secondary N) is 1. The second kappa shape index (κ2) is 3.94. The summed E-state index contributed by atoms with van der Waals surface area (Å²) in [5.41, 5.74) is 0. The number of aliphatic hydroxyl groups is 1. The lowest BCUT2D eigenvalue weighted by Crippen LogP contribution is -2.33. The van der Waals surface area contributed by atoms with E-state index in [0.29, 0.717) is 6.04 Å². The zero-order valence-electron chi connectivity index (χ0n) is 6.64. The van der Waals surface area contributed by atoms with Crippen molar-refractivity contribution in [3.8, 4) is 0 Å². The summed E-state index contributed by atoms with van der Waals surface area (Å²) in [4.78, 5) is 0. The van der Waals surface area contributed by atoms with E-state index >= 15 is 0 Å². The topological polar surface area (TPSA) is 32.3 Å². The maximum Gasteiger partial charge on any atom is 0.0933 e. The fourth-order valence-electron chi connectivity index (χ4n) is 1.75. The van der Waals surface area contributed by atoms with Crippen LogP contribution in [0, 0.1) is 5.92 Å². The normalized spacial score (nSPS) is 34.2. The lowest BCUT2D eigenvalue weighted by Gasteiger charge is -2.26. The highest BCUT2D eigenvalue weighted by Gasteiger charge is 2.17. The molecule has 1 rings (SSSR count). The van der Waals surface area contributed by atoms with Crippen molar-refractivity contribution in [1.82, 2.24) is 5.32 Å². The van der Waals surface area contributed by atoms with Crippen LogP contribution in [0.3, 0.4) is 0 Å². The highest BCUT2D eigenvalue weighted by molar-refractivity contribution is 4.74. The van der Waals surface area contributed by atoms with Gasteiger partial charge in [-0.25, -0.2) is 0 Å². The fourth-order valence-corrected chi connectivity index (χ4v) is 1.75. The summed E-state index contributed by atoms with van der Waals surface area (Å²) in [6, 6.07) is 0.578. The van der Waals surface area contributed by atoms with Gasteiger partial charge in [-0.2, -0.15) is 0 Å². The Hall–Kier alpha value is -0.0800. The first kappa shape index (κ1) is 8.02. The van der Waals surface area contributed by atoms with E-state index in [1.807, 2.05) is 0 Å². The molecule has 0 amide bonds. The number of aliphatic hydroxyl groups excluding tert-OH is 1. The van der Waals surface area contributed by atoms with Gasteiger partial charge in [-0.05, 0) is 18.8 Å². The molecule has 0 aromatic carbocycles. The van der Waals surface area contributed by atoms with Crippen LogP contribution in [0.4, 0.5) is 0 Å². The minimum atomic E-state index is 0.136. The Morgan fingerprint density at radius 2 is 2.30 bits per heavy atom. The Balaban J connectivity index is 2.18. The van der Waals surface area contributed by atoms with Crippen LogP contribution in [0.15, 0.2) is 0 Å². The van der Waals surface area contributed by atoms with E-state index < -0.39 is 0 Å². The Labute approximate surface area is 62.6 Å². The summed E-state index contributed by atoms with van der Waals surface area (Å²) in [5, 5.41) is 11.7. The van der Waals surface area contributed by atoms with Gasteiger partial charge in [-0.1, -0.05) is 19.8 Å². The van der Waals surface area contributed by atoms with Crippen LogP contribution in [-0.4, -0.2) is 17.9 Å². The molecule has 2 N–H and O–H groups in total. The van der Waals surface area contributed by atoms with Crippen molar-refractivity contribution in [2.24, 2.45) is 5.92 Å². The molecule has 1 saturated carbocycles. The molecule has 1 fully saturated rings. The first-order valence-corrected chi connectivity index (χ1v) is 4.17. The van der Waals surface area contributed by atoms with E-state index in [1.165, 1.54) is 25.7 Å². The summed E-state index contributed by atoms with van der Waals surface area (Å²) in [7, 11) is 0. The van der Waals surface area contributed by atoms with Gasteiger partial charge in [0.05, 0.1) is 6.73 Å². The molecule has 0 aromatic rings. The van der Waals surface area contributed by atoms with Gasteiger partial charge in [-0.3, -0.25) is 5.32 Å². The van der Waals surface area contributed by atoms with Crippen LogP contribution in [0.25, 0.3) is 0 Å². The largest absolute Gasteiger partial charge is 0.381 e. The Kier molecular flexibility index (Phi) is 3.16. The molecule has 2 unspecified atom stereocenters. The average Bonchev–Trinajstić information content (AvgIpc) is 1.88. The van der Waals surface area contributed by atoms with Gasteiger partial charge in [0, 0.05) is 6.04 Å². The van der Waals surface area contributed by atoms with E-state index in [1.54, 1.807) is 0 Å². The SMILES string of the molecule is CC1CCCC(NCO)C1. The highest BCUT2D eigenvalue weighted by Crippen LogP contribution is 2.22. The maximum atomic E-state index is 8.59. The number of hydrogen-bond acceptors (Lipinski definition) is 2. The standard InChI is InChI=1S/C8H17NO/c1-7-3-2-4-8(5-7)9-6-10/h7-10H,2-6H2,1H3. The third kappa shape index (κ3) is 2.27. The van der Waals surface area contributed by atoms with Crippen molar-refractivity contribution < 1.29 is 5.11 Å². The van der Waals surface area contributed by atoms with E-state index in [4.69, 9.17) is 5.11 Å². The molecule has 2 atom stereocenters. The molecule has 2 heteroatoms. The molecule has 60 valence electrons. The Morgan fingerprint density at radius 1 is 1.50 bits per heavy atom. The molecule has 1 aliphatic carbocycles. The van der Waals surface area contributed by atoms with Crippen molar-refractivity contribution >= 4 is 0 Å². The molecule has 10 heavy (non-hydrogen) atoms. The summed E-state index contributed by atoms with van der Waals surface area (Å²) >= 11 is 0. The van der Waals surface area contributed by atoms with Gasteiger partial charge < -0.3 is 5.11 Å². The fraction of sp³-hybridized carbons (Fsp3) is 1.00. The second-order valence-electron chi connectivity index (χ2n) is 3.33. The van der Waals surface area contributed by atoms with Crippen LogP contribution in [0.5, 0.6) is 0 Å². The summed E-state index contributed by atoms with van der Waals surface area (Å²) in [6.07, 6.45) is 5.16. The molecule has 1 aliphatic rings. The monoisotopic (exact) mass is 143 g/mol. The minimum Gasteiger partial charge on any atom is -0.381 e. The van der Waals surface area contributed by atoms with E-state index in [-0.39, 0.29) is 6.73 Å². The van der Waals surface area contributed by atoms with Crippen molar-refractivity contribution in [2.75, 3.05) is 6.73 Å². The third-order valence-electron chi connectivity index (χ3n) is 2.32. The molecule has 0 saturated heterocycles. The van der Waals surface area contributed by atoms with Gasteiger partial charge in [0.25, 0.3) is 0 Å². The zero-order chi connectivity index (χ0) is 7.40. The molecule has 0 heterocycles. The minimum absolute atomic E-state index is 0.136. The molecular formula is C8H17NO. The highest BCUT2D eigenvalue weighted by atomic mass is 16.3. The van der Waals surface area contributed by atoms with Gasteiger partial charge in [0.1, 0.15) is 0 Å². The molecule has 0 radical (unpaired) electrons. The lowest BCUT2D eigenvalue weighted by molar-refractivity contribution is 0.206. The molecule has 0 aromatic heterocycles. The quantitative estimate of drug-likeness (QED) is 0.567. The van der Waals surface area contributed by atoms with E-state index in [2.05, 4.69) is 12.2 Å². The third-order valence-corrected chi connectivity index (χ3v) is 2.32.